The fraction of sp³-hybridized carbons (Fsp3) is 0.462. The number of ketones is 1. The molecule has 1 saturated heterocycles. The van der Waals surface area contributed by atoms with Crippen LogP contribution in [0.5, 0.6) is 0 Å². The Labute approximate surface area is 95.6 Å². The van der Waals surface area contributed by atoms with Gasteiger partial charge in [0.15, 0.2) is 5.78 Å². The lowest BCUT2D eigenvalue weighted by Gasteiger charge is -2.14. The highest BCUT2D eigenvalue weighted by Gasteiger charge is 2.48. The first-order valence-electron chi connectivity index (χ1n) is 5.51. The molecular weight excluding hydrogens is 202 g/mol. The molecule has 3 heteroatoms. The Balaban J connectivity index is 2.05. The van der Waals surface area contributed by atoms with Crippen molar-refractivity contribution in [3.63, 3.8) is 0 Å². The fourth-order valence-corrected chi connectivity index (χ4v) is 1.81. The number of carbonyl (C=O) groups is 1. The smallest absolute Gasteiger partial charge is 0.183 e. The molecule has 16 heavy (non-hydrogen) atoms. The molecule has 2 rings (SSSR count). The maximum absolute atomic E-state index is 11.9. The SMILES string of the molecule is Cc1ccccc1CC(N)C(=O)[C@]1(C)CO1. The van der Waals surface area contributed by atoms with Gasteiger partial charge >= 0.3 is 0 Å². The van der Waals surface area contributed by atoms with E-state index in [0.717, 1.165) is 5.56 Å². The van der Waals surface area contributed by atoms with Crippen molar-refractivity contribution in [3.8, 4) is 0 Å². The average molecular weight is 219 g/mol. The number of hydrogen-bond acceptors (Lipinski definition) is 3. The van der Waals surface area contributed by atoms with Crippen molar-refractivity contribution in [2.45, 2.75) is 31.9 Å². The van der Waals surface area contributed by atoms with Gasteiger partial charge in [-0.3, -0.25) is 4.79 Å². The first kappa shape index (κ1) is 11.3. The molecule has 2 atom stereocenters. The van der Waals surface area contributed by atoms with Gasteiger partial charge in [0.2, 0.25) is 0 Å². The predicted octanol–water partition coefficient (Wildman–Crippen LogP) is 1.22. The summed E-state index contributed by atoms with van der Waals surface area (Å²) in [7, 11) is 0. The van der Waals surface area contributed by atoms with E-state index in [0.29, 0.717) is 13.0 Å². The van der Waals surface area contributed by atoms with Crippen molar-refractivity contribution in [2.75, 3.05) is 6.61 Å². The van der Waals surface area contributed by atoms with E-state index >= 15 is 0 Å². The van der Waals surface area contributed by atoms with Crippen LogP contribution in [0.4, 0.5) is 0 Å². The second kappa shape index (κ2) is 4.00. The Morgan fingerprint density at radius 2 is 2.19 bits per heavy atom. The van der Waals surface area contributed by atoms with Gasteiger partial charge in [0, 0.05) is 0 Å². The summed E-state index contributed by atoms with van der Waals surface area (Å²) < 4.78 is 5.12. The molecular formula is C13H17NO2. The third kappa shape index (κ3) is 2.15. The van der Waals surface area contributed by atoms with Crippen molar-refractivity contribution in [1.82, 2.24) is 0 Å². The van der Waals surface area contributed by atoms with Gasteiger partial charge in [-0.1, -0.05) is 24.3 Å². The summed E-state index contributed by atoms with van der Waals surface area (Å²) in [6.07, 6.45) is 0.588. The third-order valence-corrected chi connectivity index (χ3v) is 3.14. The second-order valence-electron chi connectivity index (χ2n) is 4.62. The van der Waals surface area contributed by atoms with E-state index in [1.54, 1.807) is 6.92 Å². The molecule has 0 bridgehead atoms. The van der Waals surface area contributed by atoms with Crippen molar-refractivity contribution >= 4 is 5.78 Å². The summed E-state index contributed by atoms with van der Waals surface area (Å²) in [5, 5.41) is 0. The van der Waals surface area contributed by atoms with Crippen LogP contribution in [-0.2, 0) is 16.0 Å². The number of carbonyl (C=O) groups excluding carboxylic acids is 1. The average Bonchev–Trinajstić information content (AvgIpc) is 3.00. The highest BCUT2D eigenvalue weighted by Crippen LogP contribution is 2.28. The Kier molecular flexibility index (Phi) is 2.82. The van der Waals surface area contributed by atoms with Gasteiger partial charge in [-0.05, 0) is 31.4 Å². The van der Waals surface area contributed by atoms with Crippen LogP contribution in [0.1, 0.15) is 18.1 Å². The van der Waals surface area contributed by atoms with Gasteiger partial charge in [-0.25, -0.2) is 0 Å². The molecule has 0 radical (unpaired) electrons. The molecule has 3 nitrogen and oxygen atoms in total. The zero-order valence-electron chi connectivity index (χ0n) is 9.69. The van der Waals surface area contributed by atoms with Gasteiger partial charge in [-0.2, -0.15) is 0 Å². The van der Waals surface area contributed by atoms with E-state index in [1.165, 1.54) is 5.56 Å². The normalized spacial score (nSPS) is 25.2. The molecule has 1 aliphatic rings. The van der Waals surface area contributed by atoms with Crippen LogP contribution in [0.25, 0.3) is 0 Å². The van der Waals surface area contributed by atoms with Gasteiger partial charge in [0.05, 0.1) is 12.6 Å². The number of aryl methyl sites for hydroxylation is 1. The number of rotatable bonds is 4. The van der Waals surface area contributed by atoms with Crippen LogP contribution in [0.15, 0.2) is 24.3 Å². The molecule has 86 valence electrons. The minimum atomic E-state index is -0.609. The Morgan fingerprint density at radius 3 is 2.75 bits per heavy atom. The number of Topliss-reactive ketones (excluding diaryl/α,β-unsaturated/α-hetero) is 1. The molecule has 2 N–H and O–H groups in total. The first-order valence-corrected chi connectivity index (χ1v) is 5.51. The number of nitrogens with two attached hydrogens (primary N) is 1. The zero-order valence-corrected chi connectivity index (χ0v) is 9.69. The molecule has 0 amide bonds. The van der Waals surface area contributed by atoms with Gasteiger partial charge in [0.1, 0.15) is 5.60 Å². The molecule has 1 unspecified atom stereocenters. The van der Waals surface area contributed by atoms with Crippen LogP contribution in [0.2, 0.25) is 0 Å². The van der Waals surface area contributed by atoms with E-state index in [9.17, 15) is 4.79 Å². The molecule has 1 aromatic carbocycles. The van der Waals surface area contributed by atoms with E-state index in [4.69, 9.17) is 10.5 Å². The lowest BCUT2D eigenvalue weighted by molar-refractivity contribution is -0.124. The Morgan fingerprint density at radius 1 is 1.56 bits per heavy atom. The number of benzene rings is 1. The number of hydrogen-bond donors (Lipinski definition) is 1. The topological polar surface area (TPSA) is 55.6 Å². The van der Waals surface area contributed by atoms with Crippen molar-refractivity contribution in [1.29, 1.82) is 0 Å². The third-order valence-electron chi connectivity index (χ3n) is 3.14. The highest BCUT2D eigenvalue weighted by molar-refractivity contribution is 5.93. The minimum Gasteiger partial charge on any atom is -0.362 e. The standard InChI is InChI=1S/C13H17NO2/c1-9-5-3-4-6-10(9)7-11(14)12(15)13(2)8-16-13/h3-6,11H,7-8,14H2,1-2H3/t11?,13-/m0/s1. The van der Waals surface area contributed by atoms with E-state index in [2.05, 4.69) is 0 Å². The van der Waals surface area contributed by atoms with Crippen molar-refractivity contribution in [3.05, 3.63) is 35.4 Å². The molecule has 1 fully saturated rings. The van der Waals surface area contributed by atoms with E-state index in [1.807, 2.05) is 31.2 Å². The van der Waals surface area contributed by atoms with Crippen molar-refractivity contribution < 1.29 is 9.53 Å². The molecule has 0 saturated carbocycles. The Hall–Kier alpha value is -1.19. The zero-order chi connectivity index (χ0) is 11.8. The van der Waals surface area contributed by atoms with Crippen LogP contribution < -0.4 is 5.73 Å². The lowest BCUT2D eigenvalue weighted by atomic mass is 9.94. The van der Waals surface area contributed by atoms with Crippen molar-refractivity contribution in [2.24, 2.45) is 5.73 Å². The quantitative estimate of drug-likeness (QED) is 0.775. The molecule has 1 aliphatic heterocycles. The predicted molar refractivity (Wildman–Crippen MR) is 62.2 cm³/mol. The largest absolute Gasteiger partial charge is 0.362 e. The summed E-state index contributed by atoms with van der Waals surface area (Å²) >= 11 is 0. The molecule has 0 aliphatic carbocycles. The maximum Gasteiger partial charge on any atom is 0.183 e. The van der Waals surface area contributed by atoms with E-state index in [-0.39, 0.29) is 5.78 Å². The van der Waals surface area contributed by atoms with Gasteiger partial charge in [0.25, 0.3) is 0 Å². The number of ether oxygens (including phenoxy) is 1. The summed E-state index contributed by atoms with van der Waals surface area (Å²) in [5.41, 5.74) is 7.61. The summed E-state index contributed by atoms with van der Waals surface area (Å²) in [6, 6.07) is 7.53. The van der Waals surface area contributed by atoms with Gasteiger partial charge in [-0.15, -0.1) is 0 Å². The molecule has 0 aromatic heterocycles. The lowest BCUT2D eigenvalue weighted by Crippen LogP contribution is -2.41. The highest BCUT2D eigenvalue weighted by atomic mass is 16.6. The van der Waals surface area contributed by atoms with E-state index < -0.39 is 11.6 Å². The van der Waals surface area contributed by atoms with Gasteiger partial charge < -0.3 is 10.5 Å². The maximum atomic E-state index is 11.9. The summed E-state index contributed by atoms with van der Waals surface area (Å²) in [5.74, 6) is 0.00996. The fourth-order valence-electron chi connectivity index (χ4n) is 1.81. The minimum absolute atomic E-state index is 0.00996. The van der Waals surface area contributed by atoms with Crippen LogP contribution in [-0.4, -0.2) is 24.0 Å². The Bertz CT molecular complexity index is 410. The molecule has 1 aromatic rings. The molecule has 1 heterocycles. The summed E-state index contributed by atoms with van der Waals surface area (Å²) in [6.45, 7) is 4.34. The van der Waals surface area contributed by atoms with Crippen LogP contribution >= 0.6 is 0 Å². The summed E-state index contributed by atoms with van der Waals surface area (Å²) in [4.78, 5) is 11.9. The van der Waals surface area contributed by atoms with Crippen LogP contribution in [0.3, 0.4) is 0 Å². The second-order valence-corrected chi connectivity index (χ2v) is 4.62. The monoisotopic (exact) mass is 219 g/mol. The molecule has 0 spiro atoms. The first-order chi connectivity index (χ1) is 7.53. The van der Waals surface area contributed by atoms with Crippen LogP contribution in [0, 0.1) is 6.92 Å². The number of epoxide rings is 1.